The first-order valence-electron chi connectivity index (χ1n) is 6.24. The minimum atomic E-state index is -0.385. The molecule has 0 saturated heterocycles. The minimum Gasteiger partial charge on any atom is -0.388 e. The van der Waals surface area contributed by atoms with Crippen LogP contribution in [-0.4, -0.2) is 5.11 Å². The van der Waals surface area contributed by atoms with Gasteiger partial charge in [-0.2, -0.15) is 0 Å². The molecule has 0 aromatic heterocycles. The van der Waals surface area contributed by atoms with Crippen LogP contribution in [0.2, 0.25) is 0 Å². The Balaban J connectivity index is 1.86. The first-order valence-corrected chi connectivity index (χ1v) is 7.03. The van der Waals surface area contributed by atoms with E-state index in [0.29, 0.717) is 0 Å². The Labute approximate surface area is 117 Å². The Morgan fingerprint density at radius 1 is 0.944 bits per heavy atom. The smallest absolute Gasteiger partial charge is 0.0801 e. The number of aryl methyl sites for hydroxylation is 1. The molecule has 0 radical (unpaired) electrons. The third kappa shape index (κ3) is 3.69. The number of aliphatic hydroxyl groups excluding tert-OH is 1. The highest BCUT2D eigenvalue weighted by Crippen LogP contribution is 2.26. The van der Waals surface area contributed by atoms with Crippen LogP contribution in [-0.2, 0) is 6.42 Å². The van der Waals surface area contributed by atoms with E-state index in [2.05, 4.69) is 40.2 Å². The normalized spacial score (nSPS) is 12.3. The maximum absolute atomic E-state index is 10.1. The van der Waals surface area contributed by atoms with Gasteiger partial charge in [0.25, 0.3) is 0 Å². The van der Waals surface area contributed by atoms with E-state index in [9.17, 15) is 5.11 Å². The second-order valence-corrected chi connectivity index (χ2v) is 5.27. The maximum atomic E-state index is 10.1. The molecule has 94 valence electrons. The van der Waals surface area contributed by atoms with Gasteiger partial charge in [0.1, 0.15) is 0 Å². The molecule has 2 rings (SSSR count). The van der Waals surface area contributed by atoms with Crippen LogP contribution in [0.15, 0.2) is 59.1 Å². The number of hydrogen-bond acceptors (Lipinski definition) is 1. The minimum absolute atomic E-state index is 0.385. The van der Waals surface area contributed by atoms with Gasteiger partial charge in [-0.25, -0.2) is 0 Å². The first-order chi connectivity index (χ1) is 8.77. The summed E-state index contributed by atoms with van der Waals surface area (Å²) in [4.78, 5) is 0. The number of rotatable bonds is 5. The standard InChI is InChI=1S/C16H17BrO/c17-15-11-5-4-10-14(15)16(18)12-6-9-13-7-2-1-3-8-13/h1-5,7-8,10-11,16,18H,6,9,12H2. The van der Waals surface area contributed by atoms with Crippen molar-refractivity contribution in [1.82, 2.24) is 0 Å². The molecule has 1 N–H and O–H groups in total. The van der Waals surface area contributed by atoms with Crippen LogP contribution in [0, 0.1) is 0 Å². The van der Waals surface area contributed by atoms with E-state index in [1.54, 1.807) is 0 Å². The largest absolute Gasteiger partial charge is 0.388 e. The van der Waals surface area contributed by atoms with Crippen molar-refractivity contribution >= 4 is 15.9 Å². The molecule has 0 amide bonds. The lowest BCUT2D eigenvalue weighted by atomic mass is 10.0. The van der Waals surface area contributed by atoms with Crippen LogP contribution in [0.25, 0.3) is 0 Å². The Hall–Kier alpha value is -1.12. The van der Waals surface area contributed by atoms with Gasteiger partial charge < -0.3 is 5.11 Å². The number of halogens is 1. The topological polar surface area (TPSA) is 20.2 Å². The third-order valence-corrected chi connectivity index (χ3v) is 3.77. The zero-order valence-corrected chi connectivity index (χ0v) is 11.8. The summed E-state index contributed by atoms with van der Waals surface area (Å²) in [5.41, 5.74) is 2.31. The predicted octanol–water partition coefficient (Wildman–Crippen LogP) is 4.51. The molecule has 1 nitrogen and oxygen atoms in total. The molecule has 0 fully saturated rings. The summed E-state index contributed by atoms with van der Waals surface area (Å²) in [6.45, 7) is 0. The van der Waals surface area contributed by atoms with Gasteiger partial charge >= 0.3 is 0 Å². The van der Waals surface area contributed by atoms with Gasteiger partial charge in [-0.05, 0) is 36.5 Å². The van der Waals surface area contributed by atoms with Crippen molar-refractivity contribution in [2.24, 2.45) is 0 Å². The molecule has 2 aromatic rings. The molecule has 2 aromatic carbocycles. The van der Waals surface area contributed by atoms with E-state index in [-0.39, 0.29) is 6.10 Å². The molecule has 0 bridgehead atoms. The van der Waals surface area contributed by atoms with Crippen LogP contribution in [0.4, 0.5) is 0 Å². The molecule has 0 saturated carbocycles. The van der Waals surface area contributed by atoms with E-state index >= 15 is 0 Å². The summed E-state index contributed by atoms with van der Waals surface area (Å²) < 4.78 is 0.984. The fourth-order valence-corrected chi connectivity index (χ4v) is 2.59. The van der Waals surface area contributed by atoms with Gasteiger partial charge in [-0.3, -0.25) is 0 Å². The number of hydrogen-bond donors (Lipinski definition) is 1. The van der Waals surface area contributed by atoms with Crippen LogP contribution >= 0.6 is 15.9 Å². The van der Waals surface area contributed by atoms with Gasteiger partial charge in [-0.15, -0.1) is 0 Å². The van der Waals surface area contributed by atoms with Crippen LogP contribution < -0.4 is 0 Å². The van der Waals surface area contributed by atoms with Gasteiger partial charge in [0, 0.05) is 4.47 Å². The zero-order chi connectivity index (χ0) is 12.8. The van der Waals surface area contributed by atoms with Crippen molar-refractivity contribution < 1.29 is 5.11 Å². The van der Waals surface area contributed by atoms with E-state index < -0.39 is 0 Å². The molecule has 1 atom stereocenters. The number of aliphatic hydroxyl groups is 1. The lowest BCUT2D eigenvalue weighted by molar-refractivity contribution is 0.164. The van der Waals surface area contributed by atoms with Crippen LogP contribution in [0.5, 0.6) is 0 Å². The third-order valence-electron chi connectivity index (χ3n) is 3.05. The molecule has 0 aliphatic rings. The highest BCUT2D eigenvalue weighted by Gasteiger charge is 2.10. The van der Waals surface area contributed by atoms with Crippen molar-refractivity contribution in [3.8, 4) is 0 Å². The van der Waals surface area contributed by atoms with Crippen LogP contribution in [0.3, 0.4) is 0 Å². The Morgan fingerprint density at radius 2 is 1.61 bits per heavy atom. The second kappa shape index (κ2) is 6.72. The lowest BCUT2D eigenvalue weighted by Gasteiger charge is -2.12. The average Bonchev–Trinajstić information content (AvgIpc) is 2.40. The Morgan fingerprint density at radius 3 is 2.33 bits per heavy atom. The molecule has 0 aliphatic carbocycles. The summed E-state index contributed by atoms with van der Waals surface area (Å²) in [5, 5.41) is 10.1. The summed E-state index contributed by atoms with van der Waals surface area (Å²) in [6, 6.07) is 18.3. The summed E-state index contributed by atoms with van der Waals surface area (Å²) in [7, 11) is 0. The van der Waals surface area contributed by atoms with E-state index in [4.69, 9.17) is 0 Å². The van der Waals surface area contributed by atoms with Gasteiger partial charge in [0.2, 0.25) is 0 Å². The number of benzene rings is 2. The molecule has 2 heteroatoms. The fourth-order valence-electron chi connectivity index (χ4n) is 2.05. The lowest BCUT2D eigenvalue weighted by Crippen LogP contribution is -1.99. The zero-order valence-electron chi connectivity index (χ0n) is 10.2. The Kier molecular flexibility index (Phi) is 4.97. The molecule has 0 heterocycles. The average molecular weight is 305 g/mol. The van der Waals surface area contributed by atoms with Crippen molar-refractivity contribution in [2.45, 2.75) is 25.4 Å². The van der Waals surface area contributed by atoms with Crippen LogP contribution in [0.1, 0.15) is 30.1 Å². The first kappa shape index (κ1) is 13.3. The van der Waals surface area contributed by atoms with Gasteiger partial charge in [0.15, 0.2) is 0 Å². The molecule has 0 aliphatic heterocycles. The molecular weight excluding hydrogens is 288 g/mol. The highest BCUT2D eigenvalue weighted by molar-refractivity contribution is 9.10. The molecular formula is C16H17BrO. The van der Waals surface area contributed by atoms with Gasteiger partial charge in [-0.1, -0.05) is 64.5 Å². The Bertz CT molecular complexity index is 481. The second-order valence-electron chi connectivity index (χ2n) is 4.42. The van der Waals surface area contributed by atoms with Crippen molar-refractivity contribution in [2.75, 3.05) is 0 Å². The molecule has 0 spiro atoms. The predicted molar refractivity (Wildman–Crippen MR) is 78.5 cm³/mol. The monoisotopic (exact) mass is 304 g/mol. The maximum Gasteiger partial charge on any atom is 0.0801 e. The van der Waals surface area contributed by atoms with E-state index in [1.807, 2.05) is 30.3 Å². The summed E-state index contributed by atoms with van der Waals surface area (Å²) in [6.07, 6.45) is 2.41. The van der Waals surface area contributed by atoms with Gasteiger partial charge in [0.05, 0.1) is 6.10 Å². The molecule has 18 heavy (non-hydrogen) atoms. The quantitative estimate of drug-likeness (QED) is 0.862. The van der Waals surface area contributed by atoms with Crippen molar-refractivity contribution in [3.05, 3.63) is 70.2 Å². The SMILES string of the molecule is OC(CCCc1ccccc1)c1ccccc1Br. The summed E-state index contributed by atoms with van der Waals surface area (Å²) in [5.74, 6) is 0. The summed E-state index contributed by atoms with van der Waals surface area (Å²) >= 11 is 3.47. The van der Waals surface area contributed by atoms with Crippen molar-refractivity contribution in [3.63, 3.8) is 0 Å². The van der Waals surface area contributed by atoms with E-state index in [0.717, 1.165) is 29.3 Å². The van der Waals surface area contributed by atoms with Crippen molar-refractivity contribution in [1.29, 1.82) is 0 Å². The highest BCUT2D eigenvalue weighted by atomic mass is 79.9. The van der Waals surface area contributed by atoms with E-state index in [1.165, 1.54) is 5.56 Å². The fraction of sp³-hybridized carbons (Fsp3) is 0.250. The molecule has 1 unspecified atom stereocenters.